The molecule has 7 heteroatoms. The summed E-state index contributed by atoms with van der Waals surface area (Å²) in [5, 5.41) is 6.85. The number of furan rings is 1. The van der Waals surface area contributed by atoms with E-state index in [0.29, 0.717) is 28.3 Å². The molecule has 2 amide bonds. The molecule has 6 nitrogen and oxygen atoms in total. The Kier molecular flexibility index (Phi) is 5.64. The Balaban J connectivity index is 1.63. The lowest BCUT2D eigenvalue weighted by molar-refractivity contribution is 0.0954. The summed E-state index contributed by atoms with van der Waals surface area (Å²) in [4.78, 5) is 24.2. The van der Waals surface area contributed by atoms with Gasteiger partial charge in [-0.05, 0) is 61.9 Å². The molecule has 2 N–H and O–H groups in total. The van der Waals surface area contributed by atoms with Crippen LogP contribution in [-0.4, -0.2) is 17.5 Å². The van der Waals surface area contributed by atoms with Crippen molar-refractivity contribution in [3.05, 3.63) is 89.1 Å². The lowest BCUT2D eigenvalue weighted by Crippen LogP contribution is -2.19. The number of rotatable bonds is 5. The maximum absolute atomic E-state index is 12.9. The van der Waals surface area contributed by atoms with Crippen LogP contribution >= 0.6 is 0 Å². The lowest BCUT2D eigenvalue weighted by Gasteiger charge is -2.07. The van der Waals surface area contributed by atoms with Crippen molar-refractivity contribution >= 4 is 23.2 Å². The van der Waals surface area contributed by atoms with Gasteiger partial charge in [0.2, 0.25) is 0 Å². The van der Waals surface area contributed by atoms with Gasteiger partial charge in [-0.1, -0.05) is 12.1 Å². The van der Waals surface area contributed by atoms with Crippen LogP contribution in [0.2, 0.25) is 0 Å². The first-order valence-electron chi connectivity index (χ1n) is 8.50. The molecule has 2 aromatic carbocycles. The van der Waals surface area contributed by atoms with Crippen LogP contribution in [0.4, 0.5) is 10.1 Å². The number of nitrogens with one attached hydrogen (secondary N) is 2. The zero-order valence-electron chi connectivity index (χ0n) is 15.3. The van der Waals surface area contributed by atoms with Crippen molar-refractivity contribution in [2.24, 2.45) is 5.10 Å². The zero-order chi connectivity index (χ0) is 20.1. The van der Waals surface area contributed by atoms with E-state index >= 15 is 0 Å². The second kappa shape index (κ2) is 8.30. The van der Waals surface area contributed by atoms with E-state index in [4.69, 9.17) is 4.42 Å². The van der Waals surface area contributed by atoms with Gasteiger partial charge >= 0.3 is 0 Å². The highest BCUT2D eigenvalue weighted by Crippen LogP contribution is 2.14. The minimum Gasteiger partial charge on any atom is -0.469 e. The predicted octanol–water partition coefficient (Wildman–Crippen LogP) is 4.13. The van der Waals surface area contributed by atoms with Crippen molar-refractivity contribution in [2.75, 3.05) is 5.32 Å². The number of hydrogen-bond donors (Lipinski definition) is 2. The standard InChI is InChI=1S/C21H18FN3O3/c1-13(24-25-20(26)16-3-7-17(22)8-4-16)15-5-9-18(10-6-15)23-21(27)19-11-12-28-14(19)2/h3-12H,1-2H3,(H,23,27)(H,25,26). The normalized spacial score (nSPS) is 11.2. The fourth-order valence-electron chi connectivity index (χ4n) is 2.48. The molecule has 28 heavy (non-hydrogen) atoms. The van der Waals surface area contributed by atoms with E-state index in [1.807, 2.05) is 0 Å². The van der Waals surface area contributed by atoms with Gasteiger partial charge in [-0.25, -0.2) is 9.82 Å². The maximum Gasteiger partial charge on any atom is 0.271 e. The number of anilines is 1. The molecule has 0 fully saturated rings. The molecule has 1 heterocycles. The summed E-state index contributed by atoms with van der Waals surface area (Å²) in [6.07, 6.45) is 1.47. The van der Waals surface area contributed by atoms with Crippen LogP contribution < -0.4 is 10.7 Å². The molecule has 3 aromatic rings. The minimum atomic E-state index is -0.432. The van der Waals surface area contributed by atoms with E-state index in [9.17, 15) is 14.0 Å². The Hall–Kier alpha value is -3.74. The Morgan fingerprint density at radius 3 is 2.18 bits per heavy atom. The second-order valence-electron chi connectivity index (χ2n) is 6.07. The quantitative estimate of drug-likeness (QED) is 0.516. The predicted molar refractivity (Wildman–Crippen MR) is 104 cm³/mol. The number of carbonyl (C=O) groups is 2. The molecule has 0 saturated heterocycles. The van der Waals surface area contributed by atoms with E-state index in [-0.39, 0.29) is 5.91 Å². The fraction of sp³-hybridized carbons (Fsp3) is 0.0952. The summed E-state index contributed by atoms with van der Waals surface area (Å²) < 4.78 is 18.0. The summed E-state index contributed by atoms with van der Waals surface area (Å²) in [6, 6.07) is 13.8. The molecule has 0 aliphatic rings. The maximum atomic E-state index is 12.9. The molecule has 0 aliphatic heterocycles. The first kappa shape index (κ1) is 19.0. The van der Waals surface area contributed by atoms with Crippen LogP contribution in [0.25, 0.3) is 0 Å². The molecule has 0 saturated carbocycles. The van der Waals surface area contributed by atoms with Gasteiger partial charge in [-0.2, -0.15) is 5.10 Å². The Morgan fingerprint density at radius 2 is 1.57 bits per heavy atom. The fourth-order valence-corrected chi connectivity index (χ4v) is 2.48. The highest BCUT2D eigenvalue weighted by Gasteiger charge is 2.11. The molecule has 0 atom stereocenters. The third-order valence-electron chi connectivity index (χ3n) is 4.10. The summed E-state index contributed by atoms with van der Waals surface area (Å²) in [7, 11) is 0. The average Bonchev–Trinajstić information content (AvgIpc) is 3.13. The van der Waals surface area contributed by atoms with Crippen LogP contribution in [0.3, 0.4) is 0 Å². The molecule has 1 aromatic heterocycles. The number of carbonyl (C=O) groups excluding carboxylic acids is 2. The molecule has 0 aliphatic carbocycles. The van der Waals surface area contributed by atoms with Crippen LogP contribution in [0.5, 0.6) is 0 Å². The number of halogens is 1. The van der Waals surface area contributed by atoms with Gasteiger partial charge in [-0.15, -0.1) is 0 Å². The Labute approximate surface area is 161 Å². The van der Waals surface area contributed by atoms with E-state index in [1.54, 1.807) is 44.2 Å². The summed E-state index contributed by atoms with van der Waals surface area (Å²) >= 11 is 0. The van der Waals surface area contributed by atoms with Crippen LogP contribution in [0.1, 0.15) is 39.0 Å². The SMILES string of the molecule is CC(=NNC(=O)c1ccc(F)cc1)c1ccc(NC(=O)c2ccoc2C)cc1. The Bertz CT molecular complexity index is 1020. The number of amides is 2. The van der Waals surface area contributed by atoms with Crippen molar-refractivity contribution in [3.63, 3.8) is 0 Å². The van der Waals surface area contributed by atoms with E-state index in [2.05, 4.69) is 15.8 Å². The molecule has 0 radical (unpaired) electrons. The molecule has 0 bridgehead atoms. The third-order valence-corrected chi connectivity index (χ3v) is 4.10. The van der Waals surface area contributed by atoms with Crippen molar-refractivity contribution in [1.82, 2.24) is 5.43 Å². The number of nitrogens with zero attached hydrogens (tertiary/aromatic N) is 1. The topological polar surface area (TPSA) is 83.7 Å². The van der Waals surface area contributed by atoms with Gasteiger partial charge in [0.1, 0.15) is 11.6 Å². The van der Waals surface area contributed by atoms with Gasteiger partial charge < -0.3 is 9.73 Å². The lowest BCUT2D eigenvalue weighted by atomic mass is 10.1. The first-order chi connectivity index (χ1) is 13.4. The van der Waals surface area contributed by atoms with Gasteiger partial charge in [0.05, 0.1) is 17.5 Å². The molecule has 0 unspecified atom stereocenters. The monoisotopic (exact) mass is 379 g/mol. The number of benzene rings is 2. The van der Waals surface area contributed by atoms with E-state index in [1.165, 1.54) is 30.5 Å². The van der Waals surface area contributed by atoms with Crippen molar-refractivity contribution < 1.29 is 18.4 Å². The van der Waals surface area contributed by atoms with E-state index < -0.39 is 11.7 Å². The molecule has 3 rings (SSSR count). The van der Waals surface area contributed by atoms with Crippen LogP contribution in [-0.2, 0) is 0 Å². The zero-order valence-corrected chi connectivity index (χ0v) is 15.3. The highest BCUT2D eigenvalue weighted by atomic mass is 19.1. The van der Waals surface area contributed by atoms with Crippen molar-refractivity contribution in [2.45, 2.75) is 13.8 Å². The number of hydrazone groups is 1. The summed E-state index contributed by atoms with van der Waals surface area (Å²) in [5.41, 5.74) is 5.20. The van der Waals surface area contributed by atoms with Crippen LogP contribution in [0.15, 0.2) is 70.4 Å². The molecular formula is C21H18FN3O3. The first-order valence-corrected chi connectivity index (χ1v) is 8.50. The van der Waals surface area contributed by atoms with Gasteiger partial charge in [0, 0.05) is 11.3 Å². The smallest absolute Gasteiger partial charge is 0.271 e. The highest BCUT2D eigenvalue weighted by molar-refractivity contribution is 6.05. The average molecular weight is 379 g/mol. The molecular weight excluding hydrogens is 361 g/mol. The van der Waals surface area contributed by atoms with Gasteiger partial charge in [0.25, 0.3) is 11.8 Å². The van der Waals surface area contributed by atoms with Crippen LogP contribution in [0, 0.1) is 12.7 Å². The minimum absolute atomic E-state index is 0.254. The molecule has 142 valence electrons. The number of hydrogen-bond acceptors (Lipinski definition) is 4. The van der Waals surface area contributed by atoms with E-state index in [0.717, 1.165) is 5.56 Å². The second-order valence-corrected chi connectivity index (χ2v) is 6.07. The summed E-state index contributed by atoms with van der Waals surface area (Å²) in [5.74, 6) is -0.546. The summed E-state index contributed by atoms with van der Waals surface area (Å²) in [6.45, 7) is 3.46. The van der Waals surface area contributed by atoms with Gasteiger partial charge in [0.15, 0.2) is 0 Å². The molecule has 0 spiro atoms. The van der Waals surface area contributed by atoms with Crippen molar-refractivity contribution in [1.29, 1.82) is 0 Å². The largest absolute Gasteiger partial charge is 0.469 e. The number of aryl methyl sites for hydroxylation is 1. The van der Waals surface area contributed by atoms with Crippen molar-refractivity contribution in [3.8, 4) is 0 Å². The van der Waals surface area contributed by atoms with Gasteiger partial charge in [-0.3, -0.25) is 9.59 Å². The Morgan fingerprint density at radius 1 is 0.929 bits per heavy atom. The third kappa shape index (κ3) is 4.50.